The van der Waals surface area contributed by atoms with Crippen molar-refractivity contribution in [1.29, 1.82) is 0 Å². The zero-order valence-electron chi connectivity index (χ0n) is 15.7. The highest BCUT2D eigenvalue weighted by Gasteiger charge is 2.69. The monoisotopic (exact) mass is 466 g/mol. The molecule has 3 fully saturated rings. The van der Waals surface area contributed by atoms with Gasteiger partial charge in [0, 0.05) is 22.1 Å². The van der Waals surface area contributed by atoms with Gasteiger partial charge in [0.25, 0.3) is 0 Å². The number of amides is 2. The lowest BCUT2D eigenvalue weighted by atomic mass is 9.79. The van der Waals surface area contributed by atoms with Crippen LogP contribution in [0.4, 0.5) is 0 Å². The van der Waals surface area contributed by atoms with Crippen LogP contribution in [0.2, 0.25) is 0 Å². The minimum Gasteiger partial charge on any atom is -0.508 e. The molecule has 0 spiro atoms. The summed E-state index contributed by atoms with van der Waals surface area (Å²) in [5, 5.41) is 33.2. The van der Waals surface area contributed by atoms with Gasteiger partial charge >= 0.3 is 5.97 Å². The summed E-state index contributed by atoms with van der Waals surface area (Å²) in [6.07, 6.45) is 4.28. The molecule has 4 unspecified atom stereocenters. The minimum atomic E-state index is -1.99. The molecule has 4 rings (SSSR count). The Morgan fingerprint density at radius 2 is 1.90 bits per heavy atom. The van der Waals surface area contributed by atoms with Crippen molar-refractivity contribution in [2.75, 3.05) is 6.61 Å². The number of aliphatic hydroxyl groups is 1. The molecule has 29 heavy (non-hydrogen) atoms. The Balaban J connectivity index is 1.82. The summed E-state index contributed by atoms with van der Waals surface area (Å²) in [6, 6.07) is 3.51. The number of carboxylic acids is 1. The van der Waals surface area contributed by atoms with Gasteiger partial charge in [-0.2, -0.15) is 0 Å². The van der Waals surface area contributed by atoms with Crippen LogP contribution >= 0.6 is 15.9 Å². The molecule has 2 aliphatic heterocycles. The number of aliphatic hydroxyl groups excluding tert-OH is 1. The summed E-state index contributed by atoms with van der Waals surface area (Å²) in [6.45, 7) is -0.841. The van der Waals surface area contributed by atoms with E-state index in [9.17, 15) is 29.7 Å². The number of fused-ring (bicyclic) bond motifs is 1. The molecule has 4 atom stereocenters. The first-order chi connectivity index (χ1) is 13.8. The Morgan fingerprint density at radius 3 is 2.52 bits per heavy atom. The summed E-state index contributed by atoms with van der Waals surface area (Å²) in [7, 11) is 0. The Labute approximate surface area is 176 Å². The van der Waals surface area contributed by atoms with Crippen LogP contribution in [0.25, 0.3) is 0 Å². The van der Waals surface area contributed by atoms with Gasteiger partial charge in [-0.15, -0.1) is 0 Å². The average molecular weight is 467 g/mol. The van der Waals surface area contributed by atoms with Gasteiger partial charge in [-0.05, 0) is 31.0 Å². The van der Waals surface area contributed by atoms with Crippen molar-refractivity contribution in [3.05, 3.63) is 28.2 Å². The van der Waals surface area contributed by atoms with E-state index in [1.807, 2.05) is 0 Å². The number of benzene rings is 1. The predicted octanol–water partition coefficient (Wildman–Crippen LogP) is 1.55. The topological polar surface area (TPSA) is 127 Å². The molecule has 0 bridgehead atoms. The van der Waals surface area contributed by atoms with Crippen molar-refractivity contribution in [3.8, 4) is 5.75 Å². The standard InChI is InChI=1S/C20H23BrN2O6/c21-10-6-7-13(25)12(8-10)16-14-15(20(9-24,22-16)19(28)29)18(27)23(17(14)26)11-4-2-1-3-5-11/h6-8,11,14-16,22,24-25H,1-5,9H2,(H,28,29). The zero-order chi connectivity index (χ0) is 20.9. The third-order valence-corrected chi connectivity index (χ3v) is 7.08. The van der Waals surface area contributed by atoms with E-state index in [0.29, 0.717) is 22.9 Å². The van der Waals surface area contributed by atoms with E-state index < -0.39 is 47.8 Å². The van der Waals surface area contributed by atoms with Crippen LogP contribution in [0.1, 0.15) is 43.7 Å². The summed E-state index contributed by atoms with van der Waals surface area (Å²) in [5.41, 5.74) is -1.67. The normalized spacial score (nSPS) is 32.6. The largest absolute Gasteiger partial charge is 0.508 e. The summed E-state index contributed by atoms with van der Waals surface area (Å²) in [5.74, 6) is -4.72. The van der Waals surface area contributed by atoms with Crippen molar-refractivity contribution in [2.24, 2.45) is 11.8 Å². The SMILES string of the molecule is O=C1C2C(c3cc(Br)ccc3O)NC(CO)(C(=O)O)C2C(=O)N1C1CCCCC1. The molecule has 4 N–H and O–H groups in total. The number of likely N-dealkylation sites (tertiary alicyclic amines) is 1. The minimum absolute atomic E-state index is 0.111. The first kappa shape index (κ1) is 20.3. The maximum absolute atomic E-state index is 13.4. The fourth-order valence-corrected chi connectivity index (χ4v) is 5.55. The van der Waals surface area contributed by atoms with Crippen molar-refractivity contribution >= 4 is 33.7 Å². The number of nitrogens with one attached hydrogen (secondary N) is 1. The second kappa shape index (κ2) is 7.37. The maximum Gasteiger partial charge on any atom is 0.327 e. The van der Waals surface area contributed by atoms with Gasteiger partial charge in [0.2, 0.25) is 11.8 Å². The van der Waals surface area contributed by atoms with Crippen molar-refractivity contribution in [3.63, 3.8) is 0 Å². The van der Waals surface area contributed by atoms with Gasteiger partial charge in [0.05, 0.1) is 18.4 Å². The number of imide groups is 1. The van der Waals surface area contributed by atoms with E-state index in [4.69, 9.17) is 0 Å². The van der Waals surface area contributed by atoms with Crippen LogP contribution in [0, 0.1) is 11.8 Å². The van der Waals surface area contributed by atoms with Gasteiger partial charge in [0.1, 0.15) is 5.75 Å². The maximum atomic E-state index is 13.4. The van der Waals surface area contributed by atoms with Gasteiger partial charge in [-0.1, -0.05) is 35.2 Å². The van der Waals surface area contributed by atoms with Crippen molar-refractivity contribution in [1.82, 2.24) is 10.2 Å². The molecule has 1 aromatic rings. The highest BCUT2D eigenvalue weighted by Crippen LogP contribution is 2.51. The molecular formula is C20H23BrN2O6. The van der Waals surface area contributed by atoms with Gasteiger partial charge < -0.3 is 15.3 Å². The van der Waals surface area contributed by atoms with E-state index >= 15 is 0 Å². The van der Waals surface area contributed by atoms with Crippen molar-refractivity contribution < 1.29 is 29.7 Å². The number of carboxylic acid groups (broad SMARTS) is 1. The number of rotatable bonds is 4. The van der Waals surface area contributed by atoms with Crippen LogP contribution < -0.4 is 5.32 Å². The summed E-state index contributed by atoms with van der Waals surface area (Å²) < 4.78 is 0.640. The summed E-state index contributed by atoms with van der Waals surface area (Å²) in [4.78, 5) is 40.1. The number of hydrogen-bond acceptors (Lipinski definition) is 6. The molecule has 2 amide bonds. The third-order valence-electron chi connectivity index (χ3n) is 6.58. The lowest BCUT2D eigenvalue weighted by Crippen LogP contribution is -2.59. The molecule has 0 radical (unpaired) electrons. The first-order valence-electron chi connectivity index (χ1n) is 9.79. The zero-order valence-corrected chi connectivity index (χ0v) is 17.3. The first-order valence-corrected chi connectivity index (χ1v) is 10.6. The molecule has 2 heterocycles. The molecule has 1 aromatic carbocycles. The lowest BCUT2D eigenvalue weighted by molar-refractivity contribution is -0.154. The number of aliphatic carboxylic acids is 1. The molecule has 2 saturated heterocycles. The summed E-state index contributed by atoms with van der Waals surface area (Å²) >= 11 is 3.33. The van der Waals surface area contributed by atoms with E-state index in [1.54, 1.807) is 12.1 Å². The number of carbonyl (C=O) groups is 3. The highest BCUT2D eigenvalue weighted by molar-refractivity contribution is 9.10. The molecular weight excluding hydrogens is 444 g/mol. The Bertz CT molecular complexity index is 871. The van der Waals surface area contributed by atoms with E-state index in [-0.39, 0.29) is 11.8 Å². The Kier molecular flexibility index (Phi) is 5.16. The van der Waals surface area contributed by atoms with Crippen LogP contribution in [0.15, 0.2) is 22.7 Å². The van der Waals surface area contributed by atoms with Crippen LogP contribution in [0.5, 0.6) is 5.75 Å². The molecule has 0 aromatic heterocycles. The molecule has 156 valence electrons. The molecule has 9 heteroatoms. The Morgan fingerprint density at radius 1 is 1.21 bits per heavy atom. The van der Waals surface area contributed by atoms with Crippen LogP contribution in [-0.4, -0.2) is 56.2 Å². The van der Waals surface area contributed by atoms with Gasteiger partial charge in [-0.3, -0.25) is 24.6 Å². The van der Waals surface area contributed by atoms with E-state index in [1.165, 1.54) is 11.0 Å². The molecule has 1 aliphatic carbocycles. The molecule has 1 saturated carbocycles. The van der Waals surface area contributed by atoms with Crippen LogP contribution in [0.3, 0.4) is 0 Å². The smallest absolute Gasteiger partial charge is 0.327 e. The Hall–Kier alpha value is -1.97. The van der Waals surface area contributed by atoms with E-state index in [0.717, 1.165) is 19.3 Å². The quantitative estimate of drug-likeness (QED) is 0.495. The van der Waals surface area contributed by atoms with Crippen molar-refractivity contribution in [2.45, 2.75) is 49.7 Å². The second-order valence-corrected chi connectivity index (χ2v) is 9.02. The molecule has 8 nitrogen and oxygen atoms in total. The number of aromatic hydroxyl groups is 1. The number of hydrogen-bond donors (Lipinski definition) is 4. The third kappa shape index (κ3) is 2.98. The predicted molar refractivity (Wildman–Crippen MR) is 105 cm³/mol. The van der Waals surface area contributed by atoms with E-state index in [2.05, 4.69) is 21.2 Å². The van der Waals surface area contributed by atoms with Gasteiger partial charge in [0.15, 0.2) is 5.54 Å². The number of halogens is 1. The van der Waals surface area contributed by atoms with Gasteiger partial charge in [-0.25, -0.2) is 0 Å². The number of phenolic OH excluding ortho intramolecular Hbond substituents is 1. The highest BCUT2D eigenvalue weighted by atomic mass is 79.9. The number of nitrogens with zero attached hydrogens (tertiary/aromatic N) is 1. The second-order valence-electron chi connectivity index (χ2n) is 8.10. The average Bonchev–Trinajstić information content (AvgIpc) is 3.19. The van der Waals surface area contributed by atoms with Crippen LogP contribution in [-0.2, 0) is 14.4 Å². The fraction of sp³-hybridized carbons (Fsp3) is 0.550. The fourth-order valence-electron chi connectivity index (χ4n) is 5.18. The number of phenols is 1. The lowest BCUT2D eigenvalue weighted by Gasteiger charge is -2.33. The molecule has 3 aliphatic rings. The number of carbonyl (C=O) groups excluding carboxylic acids is 2.